The van der Waals surface area contributed by atoms with Crippen molar-refractivity contribution in [3.05, 3.63) is 17.5 Å². The highest BCUT2D eigenvalue weighted by Gasteiger charge is 2.40. The number of carbonyl (C=O) groups excluding carboxylic acids is 1. The number of rotatable bonds is 3. The first-order chi connectivity index (χ1) is 10.7. The number of aliphatic hydroxyl groups excluding tert-OH is 1. The molecule has 0 spiro atoms. The van der Waals surface area contributed by atoms with E-state index in [1.165, 1.54) is 0 Å². The third-order valence-corrected chi connectivity index (χ3v) is 5.19. The first-order valence-corrected chi connectivity index (χ1v) is 8.27. The molecule has 6 heteroatoms. The third-order valence-electron chi connectivity index (χ3n) is 5.19. The molecule has 3 aliphatic rings. The summed E-state index contributed by atoms with van der Waals surface area (Å²) in [5.41, 5.74) is 0.897. The molecule has 3 fully saturated rings. The van der Waals surface area contributed by atoms with Gasteiger partial charge in [-0.3, -0.25) is 4.79 Å². The molecule has 0 bridgehead atoms. The molecule has 2 saturated carbocycles. The van der Waals surface area contributed by atoms with E-state index in [9.17, 15) is 9.90 Å². The molecule has 0 aromatic carbocycles. The van der Waals surface area contributed by atoms with E-state index in [-0.39, 0.29) is 24.0 Å². The summed E-state index contributed by atoms with van der Waals surface area (Å²) in [7, 11) is 0. The number of amides is 1. The van der Waals surface area contributed by atoms with Gasteiger partial charge >= 0.3 is 0 Å². The fourth-order valence-corrected chi connectivity index (χ4v) is 3.75. The highest BCUT2D eigenvalue weighted by molar-refractivity contribution is 5.91. The summed E-state index contributed by atoms with van der Waals surface area (Å²) < 4.78 is 10.8. The Kier molecular flexibility index (Phi) is 3.66. The van der Waals surface area contributed by atoms with Gasteiger partial charge < -0.3 is 19.3 Å². The van der Waals surface area contributed by atoms with Gasteiger partial charge in [0.05, 0.1) is 31.1 Å². The Hall–Kier alpha value is -1.40. The first-order valence-electron chi connectivity index (χ1n) is 8.27. The number of aliphatic hydroxyl groups is 1. The zero-order chi connectivity index (χ0) is 15.1. The Morgan fingerprint density at radius 3 is 2.91 bits per heavy atom. The Balaban J connectivity index is 1.53. The number of ether oxygens (including phenoxy) is 1. The molecular weight excluding hydrogens is 284 g/mol. The van der Waals surface area contributed by atoms with Gasteiger partial charge in [0, 0.05) is 24.4 Å². The van der Waals surface area contributed by atoms with Gasteiger partial charge in [-0.25, -0.2) is 0 Å². The monoisotopic (exact) mass is 306 g/mol. The molecule has 1 amide bonds. The minimum atomic E-state index is -0.334. The van der Waals surface area contributed by atoms with Crippen LogP contribution in [0.4, 0.5) is 0 Å². The van der Waals surface area contributed by atoms with Crippen LogP contribution in [0.3, 0.4) is 0 Å². The van der Waals surface area contributed by atoms with Crippen molar-refractivity contribution in [2.75, 3.05) is 19.8 Å². The fourth-order valence-electron chi connectivity index (χ4n) is 3.75. The summed E-state index contributed by atoms with van der Waals surface area (Å²) in [6.07, 6.45) is 4.71. The van der Waals surface area contributed by atoms with Crippen LogP contribution in [-0.2, 0) is 4.74 Å². The Morgan fingerprint density at radius 2 is 2.18 bits per heavy atom. The summed E-state index contributed by atoms with van der Waals surface area (Å²) in [5.74, 6) is 0.783. The maximum atomic E-state index is 12.8. The Morgan fingerprint density at radius 1 is 1.32 bits per heavy atom. The van der Waals surface area contributed by atoms with Gasteiger partial charge in [-0.2, -0.15) is 0 Å². The van der Waals surface area contributed by atoms with E-state index >= 15 is 0 Å². The molecular formula is C16H22N2O4. The predicted molar refractivity (Wildman–Crippen MR) is 77.5 cm³/mol. The number of nitrogens with zero attached hydrogens (tertiary/aromatic N) is 2. The van der Waals surface area contributed by atoms with Crippen molar-refractivity contribution in [1.29, 1.82) is 0 Å². The molecule has 4 rings (SSSR count). The fraction of sp³-hybridized carbons (Fsp3) is 0.750. The minimum Gasteiger partial charge on any atom is -0.393 e. The maximum Gasteiger partial charge on any atom is 0.292 e. The lowest BCUT2D eigenvalue weighted by Gasteiger charge is -2.39. The molecule has 2 aliphatic carbocycles. The van der Waals surface area contributed by atoms with Gasteiger partial charge in [-0.1, -0.05) is 11.6 Å². The lowest BCUT2D eigenvalue weighted by Crippen LogP contribution is -2.53. The predicted octanol–water partition coefficient (Wildman–Crippen LogP) is 1.55. The lowest BCUT2D eigenvalue weighted by molar-refractivity contribution is -0.0396. The van der Waals surface area contributed by atoms with Gasteiger partial charge in [0.2, 0.25) is 5.76 Å². The zero-order valence-electron chi connectivity index (χ0n) is 12.6. The van der Waals surface area contributed by atoms with E-state index in [4.69, 9.17) is 9.26 Å². The van der Waals surface area contributed by atoms with Gasteiger partial charge in [0.15, 0.2) is 0 Å². The van der Waals surface area contributed by atoms with E-state index < -0.39 is 0 Å². The average molecular weight is 306 g/mol. The van der Waals surface area contributed by atoms with E-state index in [2.05, 4.69) is 5.16 Å². The number of hydrogen-bond acceptors (Lipinski definition) is 5. The molecule has 1 aromatic heterocycles. The van der Waals surface area contributed by atoms with Crippen LogP contribution < -0.4 is 0 Å². The van der Waals surface area contributed by atoms with E-state index in [0.717, 1.165) is 37.8 Å². The molecule has 1 saturated heterocycles. The van der Waals surface area contributed by atoms with Crippen LogP contribution in [0.5, 0.6) is 0 Å². The second-order valence-electron chi connectivity index (χ2n) is 6.69. The molecule has 3 unspecified atom stereocenters. The van der Waals surface area contributed by atoms with Crippen molar-refractivity contribution < 1.29 is 19.2 Å². The van der Waals surface area contributed by atoms with Crippen LogP contribution in [0.15, 0.2) is 10.6 Å². The van der Waals surface area contributed by atoms with Crippen molar-refractivity contribution >= 4 is 5.91 Å². The average Bonchev–Trinajstić information content (AvgIpc) is 3.11. The lowest BCUT2D eigenvalue weighted by atomic mass is 9.94. The second kappa shape index (κ2) is 5.66. The van der Waals surface area contributed by atoms with Gasteiger partial charge in [-0.15, -0.1) is 0 Å². The van der Waals surface area contributed by atoms with Crippen LogP contribution >= 0.6 is 0 Å². The third kappa shape index (κ3) is 2.54. The Bertz CT molecular complexity index is 554. The molecule has 6 nitrogen and oxygen atoms in total. The minimum absolute atomic E-state index is 0.0618. The van der Waals surface area contributed by atoms with Crippen molar-refractivity contribution in [3.8, 4) is 0 Å². The highest BCUT2D eigenvalue weighted by atomic mass is 16.5. The molecule has 22 heavy (non-hydrogen) atoms. The van der Waals surface area contributed by atoms with Crippen LogP contribution in [0.25, 0.3) is 0 Å². The van der Waals surface area contributed by atoms with E-state index in [1.807, 2.05) is 4.90 Å². The van der Waals surface area contributed by atoms with Crippen molar-refractivity contribution in [3.63, 3.8) is 0 Å². The highest BCUT2D eigenvalue weighted by Crippen LogP contribution is 2.39. The number of hydrogen-bond donors (Lipinski definition) is 1. The topological polar surface area (TPSA) is 75.8 Å². The van der Waals surface area contributed by atoms with Crippen molar-refractivity contribution in [1.82, 2.24) is 10.1 Å². The largest absolute Gasteiger partial charge is 0.393 e. The van der Waals surface area contributed by atoms with E-state index in [1.54, 1.807) is 6.07 Å². The quantitative estimate of drug-likeness (QED) is 0.917. The molecule has 2 heterocycles. The number of morpholine rings is 1. The molecule has 3 atom stereocenters. The number of aromatic nitrogens is 1. The molecule has 1 aliphatic heterocycles. The second-order valence-corrected chi connectivity index (χ2v) is 6.69. The summed E-state index contributed by atoms with van der Waals surface area (Å²) in [4.78, 5) is 14.6. The van der Waals surface area contributed by atoms with Crippen molar-refractivity contribution in [2.45, 2.75) is 50.2 Å². The maximum absolute atomic E-state index is 12.8. The molecule has 0 radical (unpaired) electrons. The van der Waals surface area contributed by atoms with Crippen LogP contribution in [0, 0.1) is 5.92 Å². The normalized spacial score (nSPS) is 32.4. The summed E-state index contributed by atoms with van der Waals surface area (Å²) >= 11 is 0. The van der Waals surface area contributed by atoms with Crippen molar-refractivity contribution in [2.24, 2.45) is 5.92 Å². The number of carbonyl (C=O) groups is 1. The smallest absolute Gasteiger partial charge is 0.292 e. The van der Waals surface area contributed by atoms with Gasteiger partial charge in [0.1, 0.15) is 0 Å². The zero-order valence-corrected chi connectivity index (χ0v) is 12.6. The van der Waals surface area contributed by atoms with Gasteiger partial charge in [0.25, 0.3) is 5.91 Å². The van der Waals surface area contributed by atoms with E-state index in [0.29, 0.717) is 31.4 Å². The summed E-state index contributed by atoms with van der Waals surface area (Å²) in [6.45, 7) is 1.58. The molecule has 1 aromatic rings. The van der Waals surface area contributed by atoms with Crippen LogP contribution in [0.2, 0.25) is 0 Å². The van der Waals surface area contributed by atoms with Crippen LogP contribution in [0.1, 0.15) is 54.3 Å². The Labute approximate surface area is 129 Å². The van der Waals surface area contributed by atoms with Crippen LogP contribution in [-0.4, -0.2) is 53.0 Å². The SMILES string of the molecule is O=C(c1cc(C2CC2)no1)N1CCOCC1C1CCCC1O. The summed E-state index contributed by atoms with van der Waals surface area (Å²) in [6, 6.07) is 1.73. The molecule has 1 N–H and O–H groups in total. The molecule has 120 valence electrons. The summed E-state index contributed by atoms with van der Waals surface area (Å²) in [5, 5.41) is 14.2. The standard InChI is InChI=1S/C16H22N2O4/c19-14-3-1-2-11(14)13-9-21-7-6-18(13)16(20)15-8-12(17-22-15)10-4-5-10/h8,10-11,13-14,19H,1-7,9H2. The van der Waals surface area contributed by atoms with Gasteiger partial charge in [-0.05, 0) is 25.7 Å². The first kappa shape index (κ1) is 14.2.